The van der Waals surface area contributed by atoms with Gasteiger partial charge in [0.15, 0.2) is 0 Å². The number of hydrogen-bond acceptors (Lipinski definition) is 4. The molecule has 1 aromatic carbocycles. The van der Waals surface area contributed by atoms with Gasteiger partial charge in [0.2, 0.25) is 0 Å². The van der Waals surface area contributed by atoms with E-state index < -0.39 is 16.9 Å². The second-order valence-electron chi connectivity index (χ2n) is 4.20. The number of nitrogens with one attached hydrogen (secondary N) is 1. The quantitative estimate of drug-likeness (QED) is 0.616. The van der Waals surface area contributed by atoms with Crippen molar-refractivity contribution in [2.45, 2.75) is 32.7 Å². The molecule has 1 unspecified atom stereocenters. The zero-order valence-corrected chi connectivity index (χ0v) is 12.2. The Morgan fingerprint density at radius 3 is 2.68 bits per heavy atom. The molecular weight excluding hydrogens is 316 g/mol. The third kappa shape index (κ3) is 3.92. The maximum Gasteiger partial charge on any atom is 0.326 e. The van der Waals surface area contributed by atoms with E-state index in [9.17, 15) is 14.9 Å². The average molecular weight is 331 g/mol. The fourth-order valence-corrected chi connectivity index (χ4v) is 2.16. The first kappa shape index (κ1) is 15.4. The molecule has 7 heteroatoms. The molecule has 0 amide bonds. The largest absolute Gasteiger partial charge is 0.480 e. The van der Waals surface area contributed by atoms with Gasteiger partial charge in [-0.25, -0.2) is 4.79 Å². The molecule has 0 aliphatic carbocycles. The maximum atomic E-state index is 11.1. The van der Waals surface area contributed by atoms with E-state index in [1.807, 2.05) is 6.92 Å². The van der Waals surface area contributed by atoms with E-state index in [2.05, 4.69) is 21.2 Å². The standard InChI is InChI=1S/C12H15BrN2O4/c1-3-4-9(12(16)17)14-10-5-7(2)11(15(18)19)6-8(10)13/h5-6,9,14H,3-4H2,1-2H3,(H,16,17). The number of benzene rings is 1. The summed E-state index contributed by atoms with van der Waals surface area (Å²) in [6, 6.07) is 2.25. The molecule has 0 aliphatic rings. The lowest BCUT2D eigenvalue weighted by Crippen LogP contribution is -2.29. The highest BCUT2D eigenvalue weighted by Gasteiger charge is 2.19. The topological polar surface area (TPSA) is 92.5 Å². The number of carbonyl (C=O) groups is 1. The molecule has 0 spiro atoms. The molecule has 19 heavy (non-hydrogen) atoms. The highest BCUT2D eigenvalue weighted by Crippen LogP contribution is 2.31. The van der Waals surface area contributed by atoms with Gasteiger partial charge in [-0.3, -0.25) is 10.1 Å². The molecule has 0 aliphatic heterocycles. The first-order chi connectivity index (χ1) is 8.86. The predicted molar refractivity (Wildman–Crippen MR) is 75.5 cm³/mol. The van der Waals surface area contributed by atoms with E-state index in [4.69, 9.17) is 5.11 Å². The normalized spacial score (nSPS) is 11.9. The van der Waals surface area contributed by atoms with Crippen LogP contribution in [0.25, 0.3) is 0 Å². The number of rotatable bonds is 6. The number of anilines is 1. The lowest BCUT2D eigenvalue weighted by Gasteiger charge is -2.16. The molecule has 1 aromatic rings. The van der Waals surface area contributed by atoms with Crippen molar-refractivity contribution in [3.8, 4) is 0 Å². The monoisotopic (exact) mass is 330 g/mol. The Bertz CT molecular complexity index is 505. The number of halogens is 1. The fourth-order valence-electron chi connectivity index (χ4n) is 1.71. The Hall–Kier alpha value is -1.63. The predicted octanol–water partition coefficient (Wildman–Crippen LogP) is 3.33. The Labute approximate surface area is 119 Å². The van der Waals surface area contributed by atoms with Crippen LogP contribution < -0.4 is 5.32 Å². The smallest absolute Gasteiger partial charge is 0.326 e. The van der Waals surface area contributed by atoms with Gasteiger partial charge >= 0.3 is 5.97 Å². The molecule has 1 atom stereocenters. The van der Waals surface area contributed by atoms with Crippen LogP contribution in [0.3, 0.4) is 0 Å². The minimum Gasteiger partial charge on any atom is -0.480 e. The van der Waals surface area contributed by atoms with Gasteiger partial charge < -0.3 is 10.4 Å². The van der Waals surface area contributed by atoms with Gasteiger partial charge in [-0.1, -0.05) is 13.3 Å². The van der Waals surface area contributed by atoms with Gasteiger partial charge in [0.1, 0.15) is 6.04 Å². The third-order valence-corrected chi connectivity index (χ3v) is 3.34. The average Bonchev–Trinajstić information content (AvgIpc) is 2.32. The van der Waals surface area contributed by atoms with E-state index in [-0.39, 0.29) is 5.69 Å². The van der Waals surface area contributed by atoms with Gasteiger partial charge in [-0.15, -0.1) is 0 Å². The van der Waals surface area contributed by atoms with E-state index in [0.717, 1.165) is 6.42 Å². The number of aliphatic carboxylic acids is 1. The van der Waals surface area contributed by atoms with Crippen molar-refractivity contribution >= 4 is 33.3 Å². The second-order valence-corrected chi connectivity index (χ2v) is 5.05. The molecule has 0 heterocycles. The van der Waals surface area contributed by atoms with Crippen LogP contribution in [-0.2, 0) is 4.79 Å². The minimum atomic E-state index is -0.940. The van der Waals surface area contributed by atoms with Crippen molar-refractivity contribution in [2.24, 2.45) is 0 Å². The fraction of sp³-hybridized carbons (Fsp3) is 0.417. The summed E-state index contributed by atoms with van der Waals surface area (Å²) in [5, 5.41) is 22.8. The minimum absolute atomic E-state index is 0.000193. The van der Waals surface area contributed by atoms with Crippen molar-refractivity contribution in [3.05, 3.63) is 32.3 Å². The Balaban J connectivity index is 3.04. The summed E-state index contributed by atoms with van der Waals surface area (Å²) < 4.78 is 0.479. The Morgan fingerprint density at radius 2 is 2.21 bits per heavy atom. The number of hydrogen-bond donors (Lipinski definition) is 2. The number of nitro groups is 1. The lowest BCUT2D eigenvalue weighted by molar-refractivity contribution is -0.385. The van der Waals surface area contributed by atoms with E-state index in [1.54, 1.807) is 13.0 Å². The summed E-state index contributed by atoms with van der Waals surface area (Å²) in [5.74, 6) is -0.940. The molecule has 0 bridgehead atoms. The SMILES string of the molecule is CCCC(Nc1cc(C)c([N+](=O)[O-])cc1Br)C(=O)O. The second kappa shape index (κ2) is 6.51. The number of nitrogens with zero attached hydrogens (tertiary/aromatic N) is 1. The van der Waals surface area contributed by atoms with Crippen molar-refractivity contribution in [3.63, 3.8) is 0 Å². The summed E-state index contributed by atoms with van der Waals surface area (Å²) in [7, 11) is 0. The van der Waals surface area contributed by atoms with Crippen molar-refractivity contribution < 1.29 is 14.8 Å². The number of aryl methyl sites for hydroxylation is 1. The molecule has 0 fully saturated rings. The summed E-state index contributed by atoms with van der Waals surface area (Å²) in [6.07, 6.45) is 1.21. The van der Waals surface area contributed by atoms with E-state index >= 15 is 0 Å². The summed E-state index contributed by atoms with van der Waals surface area (Å²) in [6.45, 7) is 3.51. The van der Waals surface area contributed by atoms with Gasteiger partial charge in [0.25, 0.3) is 5.69 Å². The zero-order valence-electron chi connectivity index (χ0n) is 10.6. The molecule has 6 nitrogen and oxygen atoms in total. The highest BCUT2D eigenvalue weighted by atomic mass is 79.9. The number of carboxylic acids is 1. The lowest BCUT2D eigenvalue weighted by atomic mass is 10.1. The molecule has 1 rings (SSSR count). The van der Waals surface area contributed by atoms with Crippen LogP contribution in [0.5, 0.6) is 0 Å². The number of carboxylic acid groups (broad SMARTS) is 1. The third-order valence-electron chi connectivity index (χ3n) is 2.69. The highest BCUT2D eigenvalue weighted by molar-refractivity contribution is 9.10. The molecule has 104 valence electrons. The van der Waals surface area contributed by atoms with Crippen LogP contribution >= 0.6 is 15.9 Å². The zero-order chi connectivity index (χ0) is 14.6. The summed E-state index contributed by atoms with van der Waals surface area (Å²) >= 11 is 3.22. The molecule has 2 N–H and O–H groups in total. The summed E-state index contributed by atoms with van der Waals surface area (Å²) in [5.41, 5.74) is 1.03. The van der Waals surface area contributed by atoms with E-state index in [1.165, 1.54) is 6.07 Å². The Kier molecular flexibility index (Phi) is 5.29. The maximum absolute atomic E-state index is 11.1. The van der Waals surface area contributed by atoms with Crippen LogP contribution in [0.2, 0.25) is 0 Å². The van der Waals surface area contributed by atoms with Gasteiger partial charge in [-0.2, -0.15) is 0 Å². The molecule has 0 saturated heterocycles. The van der Waals surface area contributed by atoms with Crippen LogP contribution in [0.4, 0.5) is 11.4 Å². The van der Waals surface area contributed by atoms with Crippen LogP contribution in [0.1, 0.15) is 25.3 Å². The molecule has 0 radical (unpaired) electrons. The Morgan fingerprint density at radius 1 is 1.58 bits per heavy atom. The van der Waals surface area contributed by atoms with Crippen LogP contribution in [0.15, 0.2) is 16.6 Å². The first-order valence-corrected chi connectivity index (χ1v) is 6.60. The van der Waals surface area contributed by atoms with Crippen molar-refractivity contribution in [2.75, 3.05) is 5.32 Å². The molecule has 0 saturated carbocycles. The van der Waals surface area contributed by atoms with E-state index in [0.29, 0.717) is 22.1 Å². The van der Waals surface area contributed by atoms with Gasteiger partial charge in [-0.05, 0) is 35.3 Å². The first-order valence-electron chi connectivity index (χ1n) is 5.80. The number of nitro benzene ring substituents is 1. The molecule has 0 aromatic heterocycles. The molecular formula is C12H15BrN2O4. The van der Waals surface area contributed by atoms with Crippen molar-refractivity contribution in [1.29, 1.82) is 0 Å². The van der Waals surface area contributed by atoms with Crippen LogP contribution in [0, 0.1) is 17.0 Å². The van der Waals surface area contributed by atoms with Crippen molar-refractivity contribution in [1.82, 2.24) is 0 Å². The van der Waals surface area contributed by atoms with Gasteiger partial charge in [0.05, 0.1) is 4.92 Å². The van der Waals surface area contributed by atoms with Crippen LogP contribution in [-0.4, -0.2) is 22.0 Å². The van der Waals surface area contributed by atoms with Gasteiger partial charge in [0, 0.05) is 21.8 Å². The summed E-state index contributed by atoms with van der Waals surface area (Å²) in [4.78, 5) is 21.4.